The highest BCUT2D eigenvalue weighted by Crippen LogP contribution is 2.51. The van der Waals surface area contributed by atoms with Gasteiger partial charge in [-0.05, 0) is 164 Å². The first-order chi connectivity index (χ1) is 31.7. The van der Waals surface area contributed by atoms with Crippen LogP contribution in [0.5, 0.6) is 5.75 Å². The second kappa shape index (κ2) is 18.0. The van der Waals surface area contributed by atoms with Gasteiger partial charge in [0.15, 0.2) is 8.32 Å². The van der Waals surface area contributed by atoms with Crippen molar-refractivity contribution in [2.45, 2.75) is 134 Å². The maximum absolute atomic E-state index is 13.9. The lowest BCUT2D eigenvalue weighted by Crippen LogP contribution is -2.64. The van der Waals surface area contributed by atoms with Gasteiger partial charge < -0.3 is 29.6 Å². The number of aryl methyl sites for hydroxylation is 2. The van der Waals surface area contributed by atoms with Crippen molar-refractivity contribution in [3.63, 3.8) is 0 Å². The number of aromatic hydroxyl groups is 1. The highest BCUT2D eigenvalue weighted by Gasteiger charge is 2.55. The fourth-order valence-corrected chi connectivity index (χ4v) is 14.3. The SMILES string of the molecule is CC(C)(C)[Si](C)(C)OC(CNCc1cc2nnn(CCCN3CC4(CC(OC(=O)[C@](O)(c5cccs5)c5ccc(-c6ccccc6)s5)C4)C3)c2c2c1CCC2)c1ccc(O)c2c1CCCC2. The maximum atomic E-state index is 13.9. The fourth-order valence-electron chi connectivity index (χ4n) is 11.0. The van der Waals surface area contributed by atoms with E-state index in [9.17, 15) is 15.0 Å². The molecule has 66 heavy (non-hydrogen) atoms. The molecule has 0 bridgehead atoms. The Labute approximate surface area is 398 Å². The van der Waals surface area contributed by atoms with Crippen molar-refractivity contribution in [2.75, 3.05) is 26.2 Å². The Morgan fingerprint density at radius 3 is 2.42 bits per heavy atom. The third-order valence-corrected chi connectivity index (χ3v) is 22.2. The summed E-state index contributed by atoms with van der Waals surface area (Å²) in [5.41, 5.74) is 9.41. The molecule has 3 N–H and O–H groups in total. The number of carbonyl (C=O) groups excluding carboxylic acids is 1. The van der Waals surface area contributed by atoms with Gasteiger partial charge in [-0.2, -0.15) is 0 Å². The first-order valence-corrected chi connectivity index (χ1v) is 28.8. The number of likely N-dealkylation sites (tertiary alicyclic amines) is 1. The molecule has 10 nitrogen and oxygen atoms in total. The fraction of sp³-hybridized carbons (Fsp3) is 0.491. The van der Waals surface area contributed by atoms with Crippen LogP contribution in [0.4, 0.5) is 0 Å². The van der Waals surface area contributed by atoms with Crippen molar-refractivity contribution in [1.29, 1.82) is 0 Å². The molecule has 3 aliphatic carbocycles. The monoisotopic (exact) mass is 943 g/mol. The van der Waals surface area contributed by atoms with Crippen molar-refractivity contribution in [1.82, 2.24) is 25.2 Å². The Balaban J connectivity index is 0.739. The second-order valence-electron chi connectivity index (χ2n) is 21.1. The number of thiophene rings is 2. The summed E-state index contributed by atoms with van der Waals surface area (Å²) >= 11 is 2.81. The molecule has 3 aromatic heterocycles. The molecule has 13 heteroatoms. The molecule has 3 aromatic carbocycles. The van der Waals surface area contributed by atoms with Crippen molar-refractivity contribution in [3.05, 3.63) is 121 Å². The number of fused-ring (bicyclic) bond motifs is 4. The number of nitrogens with one attached hydrogen (secondary N) is 1. The molecule has 10 rings (SSSR count). The molecule has 1 saturated heterocycles. The van der Waals surface area contributed by atoms with Gasteiger partial charge in [0.1, 0.15) is 17.4 Å². The van der Waals surface area contributed by atoms with Crippen LogP contribution < -0.4 is 5.32 Å². The second-order valence-corrected chi connectivity index (χ2v) is 27.9. The molecule has 6 aromatic rings. The van der Waals surface area contributed by atoms with Crippen LogP contribution in [0.2, 0.25) is 18.1 Å². The van der Waals surface area contributed by atoms with Crippen molar-refractivity contribution < 1.29 is 24.2 Å². The lowest BCUT2D eigenvalue weighted by molar-refractivity contribution is -0.191. The van der Waals surface area contributed by atoms with E-state index in [1.54, 1.807) is 0 Å². The number of benzene rings is 3. The first kappa shape index (κ1) is 45.6. The van der Waals surface area contributed by atoms with Crippen LogP contribution in [-0.4, -0.2) is 76.7 Å². The highest BCUT2D eigenvalue weighted by atomic mass is 32.1. The molecule has 4 aliphatic rings. The third kappa shape index (κ3) is 8.62. The summed E-state index contributed by atoms with van der Waals surface area (Å²) in [6.07, 6.45) is 9.83. The number of carbonyl (C=O) groups is 1. The van der Waals surface area contributed by atoms with Gasteiger partial charge in [-0.3, -0.25) is 0 Å². The first-order valence-electron chi connectivity index (χ1n) is 24.2. The summed E-state index contributed by atoms with van der Waals surface area (Å²) in [7, 11) is -2.10. The molecule has 4 heterocycles. The van der Waals surface area contributed by atoms with Crippen molar-refractivity contribution >= 4 is 48.0 Å². The molecule has 1 saturated carbocycles. The molecule has 2 atom stereocenters. The standard InChI is InChI=1S/C53H65N5O5S2Si/c1-51(2,3)66(4,5)63-45(41-21-22-44(59)40-17-10-9-16-39(40)41)32-54-31-36-28-43-49(42-19-11-18-38(36)42)58(56-55-43)26-13-25-57-33-52(34-57)29-37(30-52)62-50(60)53(61,47-20-12-27-64-47)48-24-23-46(65-48)35-14-7-6-8-15-35/h6-8,12,14-15,20-24,27-28,37,45,54,59,61H,9-11,13,16-19,25-26,29-34H2,1-5H3/t45?,53-/m0/s1. The van der Waals surface area contributed by atoms with Crippen molar-refractivity contribution in [2.24, 2.45) is 5.41 Å². The number of phenols is 1. The third-order valence-electron chi connectivity index (χ3n) is 15.5. The smallest absolute Gasteiger partial charge is 0.349 e. The number of ether oxygens (including phenoxy) is 1. The number of esters is 1. The highest BCUT2D eigenvalue weighted by molar-refractivity contribution is 7.16. The zero-order valence-corrected chi connectivity index (χ0v) is 41.8. The number of rotatable bonds is 16. The Hall–Kier alpha value is -4.21. The van der Waals surface area contributed by atoms with Gasteiger partial charge in [-0.15, -0.1) is 27.8 Å². The van der Waals surface area contributed by atoms with Gasteiger partial charge in [0.05, 0.1) is 21.4 Å². The van der Waals surface area contributed by atoms with Crippen LogP contribution in [0.3, 0.4) is 0 Å². The predicted molar refractivity (Wildman–Crippen MR) is 267 cm³/mol. The largest absolute Gasteiger partial charge is 0.508 e. The van der Waals surface area contributed by atoms with E-state index in [0.29, 0.717) is 22.0 Å². The quantitative estimate of drug-likeness (QED) is 0.0643. The molecule has 2 fully saturated rings. The van der Waals surface area contributed by atoms with E-state index in [2.05, 4.69) is 60.9 Å². The summed E-state index contributed by atoms with van der Waals surface area (Å²) in [5, 5.41) is 38.1. The van der Waals surface area contributed by atoms with Crippen LogP contribution >= 0.6 is 22.7 Å². The number of nitrogens with zero attached hydrogens (tertiary/aromatic N) is 4. The lowest BCUT2D eigenvalue weighted by Gasteiger charge is -2.58. The van der Waals surface area contributed by atoms with Crippen LogP contribution in [0.15, 0.2) is 78.2 Å². The van der Waals surface area contributed by atoms with Gasteiger partial charge in [0.25, 0.3) is 0 Å². The Morgan fingerprint density at radius 1 is 0.909 bits per heavy atom. The van der Waals surface area contributed by atoms with Crippen LogP contribution in [0, 0.1) is 5.41 Å². The van der Waals surface area contributed by atoms with E-state index in [1.165, 1.54) is 56.0 Å². The molecule has 0 amide bonds. The van der Waals surface area contributed by atoms with E-state index in [4.69, 9.17) is 19.5 Å². The predicted octanol–water partition coefficient (Wildman–Crippen LogP) is 10.5. The summed E-state index contributed by atoms with van der Waals surface area (Å²) < 4.78 is 15.4. The number of hydrogen-bond donors (Lipinski definition) is 3. The number of aromatic nitrogens is 3. The Kier molecular flexibility index (Phi) is 12.4. The maximum Gasteiger partial charge on any atom is 0.349 e. The summed E-state index contributed by atoms with van der Waals surface area (Å²) in [4.78, 5) is 18.5. The van der Waals surface area contributed by atoms with E-state index in [0.717, 1.165) is 118 Å². The van der Waals surface area contributed by atoms with E-state index in [-0.39, 0.29) is 22.7 Å². The van der Waals surface area contributed by atoms with Gasteiger partial charge in [-0.1, -0.05) is 68.4 Å². The minimum absolute atomic E-state index is 0.0795. The van der Waals surface area contributed by atoms with Gasteiger partial charge >= 0.3 is 5.97 Å². The van der Waals surface area contributed by atoms with Gasteiger partial charge in [-0.25, -0.2) is 9.48 Å². The molecule has 1 unspecified atom stereocenters. The molecule has 1 aliphatic heterocycles. The normalized spacial score (nSPS) is 18.7. The summed E-state index contributed by atoms with van der Waals surface area (Å²) in [5.74, 6) is -0.155. The minimum Gasteiger partial charge on any atom is -0.508 e. The average molecular weight is 944 g/mol. The summed E-state index contributed by atoms with van der Waals surface area (Å²) in [6, 6.07) is 23.9. The molecule has 1 spiro atoms. The number of aliphatic hydroxyl groups is 1. The topological polar surface area (TPSA) is 122 Å². The zero-order valence-electron chi connectivity index (χ0n) is 39.2. The van der Waals surface area contributed by atoms with E-state index < -0.39 is 19.9 Å². The lowest BCUT2D eigenvalue weighted by atomic mass is 9.61. The van der Waals surface area contributed by atoms with Crippen LogP contribution in [-0.2, 0) is 58.3 Å². The molecular formula is C53H65N5O5S2Si. The van der Waals surface area contributed by atoms with Gasteiger partial charge in [0.2, 0.25) is 5.60 Å². The van der Waals surface area contributed by atoms with E-state index >= 15 is 0 Å². The molecule has 0 radical (unpaired) electrons. The Morgan fingerprint density at radius 2 is 1.67 bits per heavy atom. The van der Waals surface area contributed by atoms with Crippen LogP contribution in [0.25, 0.3) is 21.5 Å². The number of hydrogen-bond acceptors (Lipinski definition) is 11. The van der Waals surface area contributed by atoms with Crippen LogP contribution in [0.1, 0.15) is 109 Å². The molecule has 348 valence electrons. The van der Waals surface area contributed by atoms with E-state index in [1.807, 2.05) is 66.0 Å². The minimum atomic E-state index is -2.10. The average Bonchev–Trinajstić information content (AvgIpc) is 4.12. The zero-order chi connectivity index (χ0) is 45.8. The Bertz CT molecular complexity index is 2690. The molecular weight excluding hydrogens is 879 g/mol. The van der Waals surface area contributed by atoms with Gasteiger partial charge in [0, 0.05) is 43.0 Å². The summed E-state index contributed by atoms with van der Waals surface area (Å²) in [6.45, 7) is 16.9. The van der Waals surface area contributed by atoms with Crippen molar-refractivity contribution in [3.8, 4) is 16.2 Å². The number of phenolic OH excluding ortho intramolecular Hbond substituents is 1.